The predicted octanol–water partition coefficient (Wildman–Crippen LogP) is 3.09. The van der Waals surface area contributed by atoms with Crippen molar-refractivity contribution in [3.63, 3.8) is 0 Å². The molecule has 2 N–H and O–H groups in total. The second-order valence-electron chi connectivity index (χ2n) is 6.98. The number of H-pyrrole nitrogens is 1. The van der Waals surface area contributed by atoms with Gasteiger partial charge >= 0.3 is 0 Å². The number of rotatable bonds is 6. The van der Waals surface area contributed by atoms with Crippen LogP contribution in [-0.4, -0.2) is 35.6 Å². The maximum absolute atomic E-state index is 12.7. The molecule has 7 nitrogen and oxygen atoms in total. The van der Waals surface area contributed by atoms with Gasteiger partial charge in [-0.3, -0.25) is 14.7 Å². The summed E-state index contributed by atoms with van der Waals surface area (Å²) in [5.74, 6) is 1.72. The summed E-state index contributed by atoms with van der Waals surface area (Å²) in [5.41, 5.74) is 3.37. The van der Waals surface area contributed by atoms with Crippen LogP contribution in [0.25, 0.3) is 0 Å². The summed E-state index contributed by atoms with van der Waals surface area (Å²) in [6.07, 6.45) is 0.732. The van der Waals surface area contributed by atoms with E-state index in [0.29, 0.717) is 29.7 Å². The highest BCUT2D eigenvalue weighted by Gasteiger charge is 2.21. The highest BCUT2D eigenvalue weighted by Crippen LogP contribution is 2.30. The summed E-state index contributed by atoms with van der Waals surface area (Å²) < 4.78 is 10.7. The molecule has 2 heterocycles. The van der Waals surface area contributed by atoms with E-state index in [-0.39, 0.29) is 5.56 Å². The number of fused-ring (bicyclic) bond motifs is 1. The Labute approximate surface area is 169 Å². The molecule has 0 atom stereocenters. The Kier molecular flexibility index (Phi) is 5.48. The van der Waals surface area contributed by atoms with Gasteiger partial charge in [0.25, 0.3) is 5.56 Å². The van der Waals surface area contributed by atoms with E-state index in [1.807, 2.05) is 24.3 Å². The number of aromatic amines is 1. The first-order valence-electron chi connectivity index (χ1n) is 9.53. The Hall–Kier alpha value is -3.32. The Morgan fingerprint density at radius 1 is 1.14 bits per heavy atom. The number of aromatic nitrogens is 2. The molecular weight excluding hydrogens is 368 g/mol. The van der Waals surface area contributed by atoms with Crippen molar-refractivity contribution >= 4 is 11.6 Å². The van der Waals surface area contributed by atoms with Crippen LogP contribution in [0, 0.1) is 0 Å². The van der Waals surface area contributed by atoms with Crippen molar-refractivity contribution in [1.29, 1.82) is 0 Å². The van der Waals surface area contributed by atoms with Gasteiger partial charge in [0.2, 0.25) is 5.95 Å². The second-order valence-corrected chi connectivity index (χ2v) is 6.98. The lowest BCUT2D eigenvalue weighted by atomic mass is 10.1. The molecule has 0 fully saturated rings. The molecule has 7 heteroatoms. The number of methoxy groups -OCH3 is 2. The van der Waals surface area contributed by atoms with Gasteiger partial charge in [0.15, 0.2) is 0 Å². The van der Waals surface area contributed by atoms with Crippen molar-refractivity contribution in [1.82, 2.24) is 14.9 Å². The molecule has 0 bridgehead atoms. The first kappa shape index (κ1) is 19.0. The van der Waals surface area contributed by atoms with E-state index in [1.165, 1.54) is 5.56 Å². The molecule has 0 aliphatic carbocycles. The summed E-state index contributed by atoms with van der Waals surface area (Å²) in [6, 6.07) is 15.7. The zero-order valence-corrected chi connectivity index (χ0v) is 16.6. The van der Waals surface area contributed by atoms with Gasteiger partial charge in [-0.05, 0) is 17.7 Å². The van der Waals surface area contributed by atoms with E-state index < -0.39 is 0 Å². The van der Waals surface area contributed by atoms with Crippen molar-refractivity contribution in [2.45, 2.75) is 19.5 Å². The third-order valence-electron chi connectivity index (χ3n) is 5.06. The first-order valence-corrected chi connectivity index (χ1v) is 9.53. The third kappa shape index (κ3) is 4.25. The molecule has 1 aliphatic heterocycles. The monoisotopic (exact) mass is 392 g/mol. The maximum atomic E-state index is 12.7. The quantitative estimate of drug-likeness (QED) is 0.671. The van der Waals surface area contributed by atoms with E-state index in [2.05, 4.69) is 32.3 Å². The number of ether oxygens (including phenoxy) is 2. The fourth-order valence-electron chi connectivity index (χ4n) is 3.56. The standard InChI is InChI=1S/C22H24N4O3/c1-28-16-8-9-20(29-2)19(12-16)24-22-23-18-10-11-26(14-17(18)21(27)25-22)13-15-6-4-3-5-7-15/h3-9,12H,10-11,13-14H2,1-2H3,(H2,23,24,25,27). The van der Waals surface area contributed by atoms with Crippen molar-refractivity contribution in [3.8, 4) is 11.5 Å². The molecule has 150 valence electrons. The molecule has 0 saturated heterocycles. The predicted molar refractivity (Wildman–Crippen MR) is 112 cm³/mol. The molecule has 0 radical (unpaired) electrons. The fraction of sp³-hybridized carbons (Fsp3) is 0.273. The van der Waals surface area contributed by atoms with Crippen molar-refractivity contribution < 1.29 is 9.47 Å². The number of benzene rings is 2. The summed E-state index contributed by atoms with van der Waals surface area (Å²) in [7, 11) is 3.20. The zero-order chi connectivity index (χ0) is 20.2. The topological polar surface area (TPSA) is 79.5 Å². The SMILES string of the molecule is COc1ccc(OC)c(Nc2nc3c(c(=O)[nH]2)CN(Cc2ccccc2)CC3)c1. The van der Waals surface area contributed by atoms with Crippen LogP contribution in [0.15, 0.2) is 53.3 Å². The van der Waals surface area contributed by atoms with Crippen LogP contribution in [0.2, 0.25) is 0 Å². The summed E-state index contributed by atoms with van der Waals surface area (Å²) in [4.78, 5) is 22.5. The van der Waals surface area contributed by atoms with E-state index in [1.54, 1.807) is 26.4 Å². The van der Waals surface area contributed by atoms with Gasteiger partial charge in [-0.25, -0.2) is 4.98 Å². The maximum Gasteiger partial charge on any atom is 0.257 e. The minimum Gasteiger partial charge on any atom is -0.497 e. The highest BCUT2D eigenvalue weighted by atomic mass is 16.5. The fourth-order valence-corrected chi connectivity index (χ4v) is 3.56. The Balaban J connectivity index is 1.55. The van der Waals surface area contributed by atoms with Crippen LogP contribution >= 0.6 is 0 Å². The number of nitrogens with one attached hydrogen (secondary N) is 2. The molecule has 0 saturated carbocycles. The lowest BCUT2D eigenvalue weighted by molar-refractivity contribution is 0.242. The largest absolute Gasteiger partial charge is 0.497 e. The van der Waals surface area contributed by atoms with Gasteiger partial charge in [0, 0.05) is 32.1 Å². The van der Waals surface area contributed by atoms with Gasteiger partial charge < -0.3 is 14.8 Å². The molecule has 0 amide bonds. The van der Waals surface area contributed by atoms with Crippen molar-refractivity contribution in [3.05, 3.63) is 75.7 Å². The van der Waals surface area contributed by atoms with E-state index in [4.69, 9.17) is 9.47 Å². The molecule has 0 unspecified atom stereocenters. The van der Waals surface area contributed by atoms with Gasteiger partial charge in [-0.15, -0.1) is 0 Å². The van der Waals surface area contributed by atoms with Crippen LogP contribution in [0.3, 0.4) is 0 Å². The minimum absolute atomic E-state index is 0.114. The second kappa shape index (κ2) is 8.36. The molecule has 1 aromatic heterocycles. The van der Waals surface area contributed by atoms with Gasteiger partial charge in [0.1, 0.15) is 11.5 Å². The summed E-state index contributed by atoms with van der Waals surface area (Å²) in [5, 5.41) is 3.15. The average Bonchev–Trinajstić information content (AvgIpc) is 2.75. The molecule has 4 rings (SSSR count). The Morgan fingerprint density at radius 2 is 1.97 bits per heavy atom. The number of hydrogen-bond acceptors (Lipinski definition) is 6. The van der Waals surface area contributed by atoms with Crippen molar-refractivity contribution in [2.75, 3.05) is 26.1 Å². The minimum atomic E-state index is -0.114. The molecule has 1 aliphatic rings. The molecule has 29 heavy (non-hydrogen) atoms. The lowest BCUT2D eigenvalue weighted by Gasteiger charge is -2.27. The van der Waals surface area contributed by atoms with Crippen LogP contribution in [0.4, 0.5) is 11.6 Å². The normalized spacial score (nSPS) is 13.6. The zero-order valence-electron chi connectivity index (χ0n) is 16.6. The van der Waals surface area contributed by atoms with Crippen LogP contribution in [0.1, 0.15) is 16.8 Å². The first-order chi connectivity index (χ1) is 14.2. The van der Waals surface area contributed by atoms with E-state index in [0.717, 1.165) is 30.8 Å². The van der Waals surface area contributed by atoms with E-state index in [9.17, 15) is 4.79 Å². The van der Waals surface area contributed by atoms with Crippen molar-refractivity contribution in [2.24, 2.45) is 0 Å². The molecule has 3 aromatic rings. The number of nitrogens with zero attached hydrogens (tertiary/aromatic N) is 2. The Bertz CT molecular complexity index is 1050. The van der Waals surface area contributed by atoms with Crippen LogP contribution in [-0.2, 0) is 19.5 Å². The summed E-state index contributed by atoms with van der Waals surface area (Å²) >= 11 is 0. The van der Waals surface area contributed by atoms with Crippen LogP contribution in [0.5, 0.6) is 11.5 Å². The molecular formula is C22H24N4O3. The van der Waals surface area contributed by atoms with Crippen LogP contribution < -0.4 is 20.3 Å². The smallest absolute Gasteiger partial charge is 0.257 e. The van der Waals surface area contributed by atoms with Gasteiger partial charge in [0.05, 0.1) is 31.2 Å². The highest BCUT2D eigenvalue weighted by molar-refractivity contribution is 5.65. The van der Waals surface area contributed by atoms with E-state index >= 15 is 0 Å². The molecule has 0 spiro atoms. The third-order valence-corrected chi connectivity index (χ3v) is 5.06. The lowest BCUT2D eigenvalue weighted by Crippen LogP contribution is -2.35. The number of hydrogen-bond donors (Lipinski definition) is 2. The van der Waals surface area contributed by atoms with Gasteiger partial charge in [-0.1, -0.05) is 30.3 Å². The number of anilines is 2. The van der Waals surface area contributed by atoms with Gasteiger partial charge in [-0.2, -0.15) is 0 Å². The average molecular weight is 392 g/mol. The molecule has 2 aromatic carbocycles. The summed E-state index contributed by atoms with van der Waals surface area (Å²) in [6.45, 7) is 2.27. The Morgan fingerprint density at radius 3 is 2.72 bits per heavy atom.